The van der Waals surface area contributed by atoms with Crippen LogP contribution in [0.1, 0.15) is 43.2 Å². The zero-order valence-electron chi connectivity index (χ0n) is 20.3. The van der Waals surface area contributed by atoms with Crippen LogP contribution in [0.5, 0.6) is 0 Å². The second-order valence-corrected chi connectivity index (χ2v) is 9.79. The molecular formula is C28H32ClFN4O. The van der Waals surface area contributed by atoms with Crippen LogP contribution in [-0.4, -0.2) is 17.0 Å². The highest BCUT2D eigenvalue weighted by molar-refractivity contribution is 6.06. The summed E-state index contributed by atoms with van der Waals surface area (Å²) in [4.78, 5) is 13.3. The van der Waals surface area contributed by atoms with Crippen molar-refractivity contribution < 1.29 is 9.18 Å². The van der Waals surface area contributed by atoms with Crippen LogP contribution in [0.4, 0.5) is 21.5 Å². The minimum absolute atomic E-state index is 0. The summed E-state index contributed by atoms with van der Waals surface area (Å²) >= 11 is 0. The summed E-state index contributed by atoms with van der Waals surface area (Å²) in [6.07, 6.45) is 1.04. The third-order valence-corrected chi connectivity index (χ3v) is 5.79. The molecule has 0 unspecified atom stereocenters. The van der Waals surface area contributed by atoms with Crippen molar-refractivity contribution in [2.45, 2.75) is 33.7 Å². The second-order valence-electron chi connectivity index (χ2n) is 9.79. The van der Waals surface area contributed by atoms with E-state index in [9.17, 15) is 9.18 Å². The molecule has 3 aromatic carbocycles. The molecule has 7 heteroatoms. The van der Waals surface area contributed by atoms with E-state index in [1.807, 2.05) is 28.8 Å². The zero-order chi connectivity index (χ0) is 24.3. The Balaban J connectivity index is 0.00000342. The van der Waals surface area contributed by atoms with Gasteiger partial charge in [-0.1, -0.05) is 39.0 Å². The number of carbonyl (C=O) groups is 1. The van der Waals surface area contributed by atoms with Gasteiger partial charge in [-0.25, -0.2) is 4.39 Å². The van der Waals surface area contributed by atoms with Crippen LogP contribution in [0.3, 0.4) is 0 Å². The number of aromatic nitrogens is 1. The molecule has 0 aliphatic rings. The van der Waals surface area contributed by atoms with Crippen molar-refractivity contribution in [3.63, 3.8) is 0 Å². The Morgan fingerprint density at radius 3 is 2.34 bits per heavy atom. The van der Waals surface area contributed by atoms with Crippen molar-refractivity contribution in [2.24, 2.45) is 5.41 Å². The normalized spacial score (nSPS) is 11.2. The summed E-state index contributed by atoms with van der Waals surface area (Å²) < 4.78 is 16.3. The lowest BCUT2D eigenvalue weighted by Crippen LogP contribution is -2.17. The first-order chi connectivity index (χ1) is 16.2. The topological polar surface area (TPSA) is 72.1 Å². The first-order valence-corrected chi connectivity index (χ1v) is 11.5. The smallest absolute Gasteiger partial charge is 0.272 e. The number of nitrogens with zero attached hydrogens (tertiary/aromatic N) is 1. The summed E-state index contributed by atoms with van der Waals surface area (Å²) in [6.45, 7) is 7.75. The number of benzene rings is 3. The van der Waals surface area contributed by atoms with E-state index in [1.54, 1.807) is 42.5 Å². The average molecular weight is 495 g/mol. The Morgan fingerprint density at radius 1 is 0.971 bits per heavy atom. The largest absolute Gasteiger partial charge is 0.399 e. The van der Waals surface area contributed by atoms with Crippen molar-refractivity contribution in [3.05, 3.63) is 89.9 Å². The molecule has 0 fully saturated rings. The third kappa shape index (κ3) is 6.55. The maximum Gasteiger partial charge on any atom is 0.272 e. The van der Waals surface area contributed by atoms with E-state index in [-0.39, 0.29) is 36.1 Å². The summed E-state index contributed by atoms with van der Waals surface area (Å²) in [5, 5.41) is 7.32. The van der Waals surface area contributed by atoms with E-state index in [1.165, 1.54) is 6.07 Å². The molecule has 0 saturated heterocycles. The molecule has 0 atom stereocenters. The van der Waals surface area contributed by atoms with Gasteiger partial charge >= 0.3 is 0 Å². The van der Waals surface area contributed by atoms with Crippen LogP contribution in [0, 0.1) is 11.2 Å². The summed E-state index contributed by atoms with van der Waals surface area (Å²) in [5.74, 6) is -0.561. The van der Waals surface area contributed by atoms with Gasteiger partial charge in [0.15, 0.2) is 0 Å². The van der Waals surface area contributed by atoms with Gasteiger partial charge in [-0.05, 0) is 66.4 Å². The summed E-state index contributed by atoms with van der Waals surface area (Å²) in [7, 11) is 0. The lowest BCUT2D eigenvalue weighted by molar-refractivity contribution is 0.101. The number of nitrogens with one attached hydrogen (secondary N) is 2. The molecule has 1 heterocycles. The van der Waals surface area contributed by atoms with Gasteiger partial charge in [0.2, 0.25) is 0 Å². The molecule has 1 amide bonds. The molecule has 4 N–H and O–H groups in total. The first-order valence-electron chi connectivity index (χ1n) is 11.5. The van der Waals surface area contributed by atoms with Gasteiger partial charge in [0.1, 0.15) is 11.5 Å². The van der Waals surface area contributed by atoms with E-state index in [0.717, 1.165) is 29.6 Å². The Kier molecular flexibility index (Phi) is 8.07. The van der Waals surface area contributed by atoms with Crippen molar-refractivity contribution in [2.75, 3.05) is 22.9 Å². The van der Waals surface area contributed by atoms with Gasteiger partial charge in [-0.2, -0.15) is 0 Å². The number of nitrogen functional groups attached to an aromatic ring is 1. The van der Waals surface area contributed by atoms with Crippen molar-refractivity contribution in [3.8, 4) is 0 Å². The number of nitrogens with two attached hydrogens (primary N) is 1. The molecule has 4 aromatic rings. The monoisotopic (exact) mass is 494 g/mol. The standard InChI is InChI=1S/C28H31FN4O.ClH/c1-28(2,3)14-15-31-23-12-13-25-20(16-23)17-26(27(34)32-22-10-8-21(30)9-11-22)33(25)18-19-6-4-5-7-24(19)29;/h4-13,16-17,31H,14-15,18,30H2,1-3H3,(H,32,34);1H. The average Bonchev–Trinajstić information content (AvgIpc) is 3.14. The lowest BCUT2D eigenvalue weighted by Gasteiger charge is -2.18. The van der Waals surface area contributed by atoms with Crippen molar-refractivity contribution in [1.29, 1.82) is 0 Å². The van der Waals surface area contributed by atoms with Gasteiger partial charge in [0, 0.05) is 40.1 Å². The van der Waals surface area contributed by atoms with Crippen LogP contribution in [0.25, 0.3) is 10.9 Å². The number of fused-ring (bicyclic) bond motifs is 1. The number of hydrogen-bond donors (Lipinski definition) is 3. The first kappa shape index (κ1) is 26.1. The highest BCUT2D eigenvalue weighted by Crippen LogP contribution is 2.27. The third-order valence-electron chi connectivity index (χ3n) is 5.79. The molecule has 35 heavy (non-hydrogen) atoms. The van der Waals surface area contributed by atoms with E-state index in [0.29, 0.717) is 22.6 Å². The summed E-state index contributed by atoms with van der Waals surface area (Å²) in [5.41, 5.74) is 10.1. The van der Waals surface area contributed by atoms with Crippen LogP contribution in [0.2, 0.25) is 0 Å². The SMILES string of the molecule is CC(C)(C)CCNc1ccc2c(c1)cc(C(=O)Nc1ccc(N)cc1)n2Cc1ccccc1F.Cl. The molecule has 0 bridgehead atoms. The minimum atomic E-state index is -0.297. The quantitative estimate of drug-likeness (QED) is 0.244. The van der Waals surface area contributed by atoms with E-state index < -0.39 is 0 Å². The van der Waals surface area contributed by atoms with Crippen LogP contribution in [-0.2, 0) is 6.54 Å². The van der Waals surface area contributed by atoms with Crippen molar-refractivity contribution >= 4 is 46.3 Å². The Bertz CT molecular complexity index is 1310. The number of halogens is 2. The fourth-order valence-electron chi connectivity index (χ4n) is 3.88. The van der Waals surface area contributed by atoms with Gasteiger partial charge in [-0.15, -0.1) is 12.4 Å². The molecule has 0 saturated carbocycles. The van der Waals surface area contributed by atoms with Crippen molar-refractivity contribution in [1.82, 2.24) is 4.57 Å². The Hall–Kier alpha value is -3.51. The molecule has 0 aliphatic heterocycles. The highest BCUT2D eigenvalue weighted by atomic mass is 35.5. The number of carbonyl (C=O) groups excluding carboxylic acids is 1. The van der Waals surface area contributed by atoms with E-state index >= 15 is 0 Å². The van der Waals surface area contributed by atoms with Crippen LogP contribution < -0.4 is 16.4 Å². The summed E-state index contributed by atoms with van der Waals surface area (Å²) in [6, 6.07) is 21.5. The lowest BCUT2D eigenvalue weighted by atomic mass is 9.92. The molecule has 184 valence electrons. The van der Waals surface area contributed by atoms with Crippen LogP contribution >= 0.6 is 12.4 Å². The Morgan fingerprint density at radius 2 is 1.66 bits per heavy atom. The fourth-order valence-corrected chi connectivity index (χ4v) is 3.88. The molecule has 5 nitrogen and oxygen atoms in total. The van der Waals surface area contributed by atoms with Crippen LogP contribution in [0.15, 0.2) is 72.8 Å². The molecule has 0 radical (unpaired) electrons. The predicted molar refractivity (Wildman–Crippen MR) is 146 cm³/mol. The zero-order valence-corrected chi connectivity index (χ0v) is 21.1. The number of anilines is 3. The molecule has 0 spiro atoms. The highest BCUT2D eigenvalue weighted by Gasteiger charge is 2.18. The fraction of sp³-hybridized carbons (Fsp3) is 0.250. The maximum absolute atomic E-state index is 14.5. The number of hydrogen-bond acceptors (Lipinski definition) is 3. The maximum atomic E-state index is 14.5. The Labute approximate surface area is 211 Å². The number of rotatable bonds is 7. The van der Waals surface area contributed by atoms with E-state index in [2.05, 4.69) is 31.4 Å². The molecule has 1 aromatic heterocycles. The van der Waals surface area contributed by atoms with Gasteiger partial charge in [0.25, 0.3) is 5.91 Å². The molecule has 4 rings (SSSR count). The second kappa shape index (κ2) is 10.8. The molecular weight excluding hydrogens is 463 g/mol. The van der Waals surface area contributed by atoms with E-state index in [4.69, 9.17) is 5.73 Å². The van der Waals surface area contributed by atoms with Gasteiger partial charge in [0.05, 0.1) is 6.54 Å². The molecule has 0 aliphatic carbocycles. The van der Waals surface area contributed by atoms with Gasteiger partial charge < -0.3 is 20.9 Å². The predicted octanol–water partition coefficient (Wildman–Crippen LogP) is 6.93. The number of amides is 1. The minimum Gasteiger partial charge on any atom is -0.399 e. The van der Waals surface area contributed by atoms with Gasteiger partial charge in [-0.3, -0.25) is 4.79 Å².